The smallest absolute Gasteiger partial charge is 0.338 e. The van der Waals surface area contributed by atoms with E-state index >= 15 is 0 Å². The van der Waals surface area contributed by atoms with E-state index in [2.05, 4.69) is 16.4 Å². The van der Waals surface area contributed by atoms with Gasteiger partial charge in [0.05, 0.1) is 20.7 Å². The number of amides is 1. The second-order valence-corrected chi connectivity index (χ2v) is 11.0. The number of hydrogen-bond donors (Lipinski definition) is 1. The molecule has 0 saturated heterocycles. The lowest BCUT2D eigenvalue weighted by Gasteiger charge is -2.09. The lowest BCUT2D eigenvalue weighted by Crippen LogP contribution is -2.21. The summed E-state index contributed by atoms with van der Waals surface area (Å²) in [6.07, 6.45) is 1.06. The quantitative estimate of drug-likeness (QED) is 0.387. The van der Waals surface area contributed by atoms with Crippen molar-refractivity contribution in [3.8, 4) is 10.6 Å². The molecule has 1 aromatic heterocycles. The molecule has 1 N–H and O–H groups in total. The Morgan fingerprint density at radius 3 is 2.44 bits per heavy atom. The highest BCUT2D eigenvalue weighted by atomic mass is 32.2. The van der Waals surface area contributed by atoms with Crippen molar-refractivity contribution >= 4 is 49.0 Å². The molecular formula is C25H22N2O5S2. The summed E-state index contributed by atoms with van der Waals surface area (Å²) in [5.74, 6) is -1.27. The Morgan fingerprint density at radius 1 is 1.00 bits per heavy atom. The minimum atomic E-state index is -3.47. The van der Waals surface area contributed by atoms with Crippen LogP contribution in [0.15, 0.2) is 65.6 Å². The molecule has 0 saturated carbocycles. The summed E-state index contributed by atoms with van der Waals surface area (Å²) in [4.78, 5) is 29.3. The average molecular weight is 495 g/mol. The summed E-state index contributed by atoms with van der Waals surface area (Å²) >= 11 is 1.60. The zero-order chi connectivity index (χ0) is 24.5. The van der Waals surface area contributed by atoms with E-state index in [0.29, 0.717) is 11.3 Å². The number of thiazole rings is 1. The van der Waals surface area contributed by atoms with Crippen LogP contribution in [0.2, 0.25) is 0 Å². The van der Waals surface area contributed by atoms with Crippen LogP contribution < -0.4 is 5.32 Å². The number of rotatable bonds is 6. The second kappa shape index (κ2) is 9.36. The molecule has 174 valence electrons. The maximum atomic E-state index is 12.4. The van der Waals surface area contributed by atoms with Crippen molar-refractivity contribution in [2.45, 2.75) is 18.7 Å². The number of aryl methyl sites for hydroxylation is 2. The van der Waals surface area contributed by atoms with Crippen LogP contribution in [0.25, 0.3) is 20.8 Å². The van der Waals surface area contributed by atoms with Gasteiger partial charge in [0.15, 0.2) is 16.4 Å². The number of aromatic nitrogens is 1. The van der Waals surface area contributed by atoms with Gasteiger partial charge in [0.25, 0.3) is 5.91 Å². The maximum Gasteiger partial charge on any atom is 0.338 e. The molecule has 4 rings (SSSR count). The summed E-state index contributed by atoms with van der Waals surface area (Å²) in [5.41, 5.74) is 4.27. The van der Waals surface area contributed by atoms with E-state index in [0.717, 1.165) is 27.0 Å². The van der Waals surface area contributed by atoms with E-state index in [4.69, 9.17) is 4.74 Å². The number of nitrogens with one attached hydrogen (secondary N) is 1. The van der Waals surface area contributed by atoms with Crippen LogP contribution in [-0.2, 0) is 19.4 Å². The molecule has 0 spiro atoms. The Balaban J connectivity index is 1.38. The van der Waals surface area contributed by atoms with Gasteiger partial charge in [0.2, 0.25) is 0 Å². The number of ether oxygens (including phenoxy) is 1. The fourth-order valence-electron chi connectivity index (χ4n) is 3.31. The van der Waals surface area contributed by atoms with E-state index in [1.54, 1.807) is 30.4 Å². The van der Waals surface area contributed by atoms with Gasteiger partial charge in [0, 0.05) is 17.5 Å². The van der Waals surface area contributed by atoms with E-state index in [9.17, 15) is 18.0 Å². The molecule has 1 heterocycles. The van der Waals surface area contributed by atoms with Gasteiger partial charge in [-0.2, -0.15) is 0 Å². The van der Waals surface area contributed by atoms with Crippen molar-refractivity contribution in [1.82, 2.24) is 4.98 Å². The van der Waals surface area contributed by atoms with Crippen LogP contribution in [0, 0.1) is 13.8 Å². The number of benzene rings is 3. The largest absolute Gasteiger partial charge is 0.452 e. The molecule has 7 nitrogen and oxygen atoms in total. The number of sulfone groups is 1. The Labute approximate surface area is 201 Å². The molecule has 9 heteroatoms. The zero-order valence-electron chi connectivity index (χ0n) is 18.8. The molecule has 0 bridgehead atoms. The first kappa shape index (κ1) is 23.6. The first-order valence-corrected chi connectivity index (χ1v) is 13.1. The van der Waals surface area contributed by atoms with Crippen molar-refractivity contribution in [3.63, 3.8) is 0 Å². The predicted octanol–water partition coefficient (Wildman–Crippen LogP) is 4.78. The first-order valence-electron chi connectivity index (χ1n) is 10.4. The third-order valence-corrected chi connectivity index (χ3v) is 7.33. The number of anilines is 1. The van der Waals surface area contributed by atoms with E-state index in [-0.39, 0.29) is 10.5 Å². The van der Waals surface area contributed by atoms with Gasteiger partial charge in [0.1, 0.15) is 5.01 Å². The molecule has 0 aliphatic carbocycles. The Morgan fingerprint density at radius 2 is 1.74 bits per heavy atom. The van der Waals surface area contributed by atoms with E-state index in [1.165, 1.54) is 23.8 Å². The fraction of sp³-hybridized carbons (Fsp3) is 0.160. The Bertz CT molecular complexity index is 1510. The predicted molar refractivity (Wildman–Crippen MR) is 133 cm³/mol. The highest BCUT2D eigenvalue weighted by molar-refractivity contribution is 7.90. The maximum absolute atomic E-state index is 12.4. The van der Waals surface area contributed by atoms with Crippen molar-refractivity contribution < 1.29 is 22.7 Å². The first-order chi connectivity index (χ1) is 16.1. The average Bonchev–Trinajstić information content (AvgIpc) is 3.20. The summed E-state index contributed by atoms with van der Waals surface area (Å²) < 4.78 is 29.7. The van der Waals surface area contributed by atoms with Crippen molar-refractivity contribution in [1.29, 1.82) is 0 Å². The molecule has 0 aliphatic rings. The highest BCUT2D eigenvalue weighted by Crippen LogP contribution is 2.31. The molecule has 0 radical (unpaired) electrons. The lowest BCUT2D eigenvalue weighted by atomic mass is 10.1. The number of nitrogens with zero attached hydrogens (tertiary/aromatic N) is 1. The minimum Gasteiger partial charge on any atom is -0.452 e. The van der Waals surface area contributed by atoms with Gasteiger partial charge in [-0.1, -0.05) is 12.1 Å². The standard InChI is InChI=1S/C25H22N2O5S2/c1-15-4-11-21-22(12-15)33-24(27-21)17-6-8-18(9-7-17)26-23(28)14-32-25(29)20-13-19(34(3,30)31)10-5-16(20)2/h4-13H,14H2,1-3H3,(H,26,28). The molecule has 1 amide bonds. The summed E-state index contributed by atoms with van der Waals surface area (Å²) in [5, 5.41) is 3.57. The van der Waals surface area contributed by atoms with Gasteiger partial charge in [-0.3, -0.25) is 4.79 Å². The third-order valence-electron chi connectivity index (χ3n) is 5.15. The van der Waals surface area contributed by atoms with Crippen LogP contribution in [-0.4, -0.2) is 38.1 Å². The van der Waals surface area contributed by atoms with Crippen molar-refractivity contribution in [2.75, 3.05) is 18.2 Å². The number of esters is 1. The molecule has 34 heavy (non-hydrogen) atoms. The third kappa shape index (κ3) is 5.32. The monoisotopic (exact) mass is 494 g/mol. The summed E-state index contributed by atoms with van der Waals surface area (Å²) in [6, 6.07) is 17.6. The summed E-state index contributed by atoms with van der Waals surface area (Å²) in [7, 11) is -3.47. The van der Waals surface area contributed by atoms with Gasteiger partial charge >= 0.3 is 5.97 Å². The molecule has 3 aromatic carbocycles. The van der Waals surface area contributed by atoms with Gasteiger partial charge in [-0.05, 0) is 73.5 Å². The van der Waals surface area contributed by atoms with Crippen LogP contribution in [0.5, 0.6) is 0 Å². The van der Waals surface area contributed by atoms with Gasteiger partial charge < -0.3 is 10.1 Å². The number of fused-ring (bicyclic) bond motifs is 1. The Hall–Kier alpha value is -3.56. The Kier molecular flexibility index (Phi) is 6.49. The van der Waals surface area contributed by atoms with Crippen molar-refractivity contribution in [3.05, 3.63) is 77.4 Å². The summed E-state index contributed by atoms with van der Waals surface area (Å²) in [6.45, 7) is 3.21. The molecule has 0 atom stereocenters. The van der Waals surface area contributed by atoms with Crippen LogP contribution in [0.1, 0.15) is 21.5 Å². The molecular weight excluding hydrogens is 472 g/mol. The zero-order valence-corrected chi connectivity index (χ0v) is 20.4. The molecule has 0 unspecified atom stereocenters. The topological polar surface area (TPSA) is 102 Å². The highest BCUT2D eigenvalue weighted by Gasteiger charge is 2.17. The van der Waals surface area contributed by atoms with Crippen LogP contribution in [0.4, 0.5) is 5.69 Å². The number of carbonyl (C=O) groups is 2. The van der Waals surface area contributed by atoms with E-state index < -0.39 is 28.3 Å². The number of carbonyl (C=O) groups excluding carboxylic acids is 2. The SMILES string of the molecule is Cc1ccc2nc(-c3ccc(NC(=O)COC(=O)c4cc(S(C)(=O)=O)ccc4C)cc3)sc2c1. The molecule has 0 aliphatic heterocycles. The van der Waals surface area contributed by atoms with Crippen molar-refractivity contribution in [2.24, 2.45) is 0 Å². The van der Waals surface area contributed by atoms with E-state index in [1.807, 2.05) is 31.2 Å². The fourth-order valence-corrected chi connectivity index (χ4v) is 5.03. The van der Waals surface area contributed by atoms with Gasteiger partial charge in [-0.25, -0.2) is 18.2 Å². The lowest BCUT2D eigenvalue weighted by molar-refractivity contribution is -0.119. The molecule has 4 aromatic rings. The van der Waals surface area contributed by atoms with Gasteiger partial charge in [-0.15, -0.1) is 11.3 Å². The minimum absolute atomic E-state index is 0.0119. The van der Waals surface area contributed by atoms with Crippen LogP contribution >= 0.6 is 11.3 Å². The molecule has 0 fully saturated rings. The van der Waals surface area contributed by atoms with Crippen LogP contribution in [0.3, 0.4) is 0 Å². The second-order valence-electron chi connectivity index (χ2n) is 7.94. The normalized spacial score (nSPS) is 11.4. The number of hydrogen-bond acceptors (Lipinski definition) is 7.